The highest BCUT2D eigenvalue weighted by molar-refractivity contribution is 7.93. The summed E-state index contributed by atoms with van der Waals surface area (Å²) >= 11 is 0. The Morgan fingerprint density at radius 2 is 1.73 bits per heavy atom. The molecule has 0 radical (unpaired) electrons. The van der Waals surface area contributed by atoms with E-state index in [1.54, 1.807) is 43.2 Å². The molecule has 22 heteroatoms. The van der Waals surface area contributed by atoms with Crippen LogP contribution in [0.15, 0.2) is 85.3 Å². The highest BCUT2D eigenvalue weighted by atomic mass is 32.2. The Balaban J connectivity index is 0.876. The van der Waals surface area contributed by atoms with Crippen LogP contribution < -0.4 is 25.4 Å². The minimum absolute atomic E-state index is 0.0400. The zero-order chi connectivity index (χ0) is 50.3. The number of hydrogen-bond acceptors (Lipinski definition) is 13. The molecule has 4 N–H and O–H groups in total. The number of carbonyl (C=O) groups is 4. The number of amides is 4. The standard InChI is InChI=1S/C49H52F3N11O7S/c1-28(31-8-11-34(50)12-9-31)70-41-22-32(10-13-38(41)58-71(68,69)49(51)52)44-43-45(59(3)57-44)37(24-54-46(43)53)33-23-55-62(27-33)35-17-19-60(20-18-35)25-30-16-21-61(26-30)39-7-5-4-6-36(39)48(67)63(29(2)64)40-14-15-42(65)56-47(40)66/h4-13,22-24,27-28,30,35,40,49,58H,14-21,25-26H2,1-3H3,(H2,53,54)(H,56,65,66). The highest BCUT2D eigenvalue weighted by Gasteiger charge is 2.39. The summed E-state index contributed by atoms with van der Waals surface area (Å²) in [6.07, 6.45) is 7.40. The van der Waals surface area contributed by atoms with Gasteiger partial charge in [0.1, 0.15) is 35.2 Å². The van der Waals surface area contributed by atoms with Crippen molar-refractivity contribution < 1.29 is 45.5 Å². The van der Waals surface area contributed by atoms with Gasteiger partial charge in [0.2, 0.25) is 17.7 Å². The Labute approximate surface area is 407 Å². The fourth-order valence-corrected chi connectivity index (χ4v) is 10.5. The van der Waals surface area contributed by atoms with Gasteiger partial charge in [0, 0.05) is 87.9 Å². The molecule has 372 valence electrons. The predicted octanol–water partition coefficient (Wildman–Crippen LogP) is 6.28. The number of anilines is 3. The van der Waals surface area contributed by atoms with Crippen molar-refractivity contribution in [1.82, 2.24) is 39.7 Å². The largest absolute Gasteiger partial charge is 0.484 e. The van der Waals surface area contributed by atoms with E-state index < -0.39 is 57.4 Å². The quantitative estimate of drug-likeness (QED) is 0.102. The van der Waals surface area contributed by atoms with E-state index in [9.17, 15) is 40.8 Å². The molecule has 71 heavy (non-hydrogen) atoms. The number of nitrogen functional groups attached to an aromatic ring is 1. The zero-order valence-electron chi connectivity index (χ0n) is 39.1. The lowest BCUT2D eigenvalue weighted by atomic mass is 10.0. The van der Waals surface area contributed by atoms with Gasteiger partial charge in [0.05, 0.1) is 34.4 Å². The fourth-order valence-electron chi connectivity index (χ4n) is 9.89. The van der Waals surface area contributed by atoms with E-state index in [0.717, 1.165) is 55.9 Å². The number of piperidine rings is 2. The van der Waals surface area contributed by atoms with Crippen molar-refractivity contribution in [2.45, 2.75) is 69.9 Å². The second kappa shape index (κ2) is 19.8. The Morgan fingerprint density at radius 1 is 0.986 bits per heavy atom. The molecule has 3 aromatic carbocycles. The number of pyridine rings is 1. The van der Waals surface area contributed by atoms with Crippen molar-refractivity contribution in [2.75, 3.05) is 48.1 Å². The van der Waals surface area contributed by atoms with Gasteiger partial charge in [-0.3, -0.25) is 43.5 Å². The van der Waals surface area contributed by atoms with Gasteiger partial charge >= 0.3 is 5.76 Å². The molecule has 3 fully saturated rings. The average molecular weight is 996 g/mol. The first-order chi connectivity index (χ1) is 33.9. The maximum atomic E-state index is 13.9. The molecule has 18 nitrogen and oxygen atoms in total. The molecule has 3 unspecified atom stereocenters. The van der Waals surface area contributed by atoms with Crippen LogP contribution in [-0.4, -0.2) is 111 Å². The number of nitrogens with two attached hydrogens (primary N) is 1. The van der Waals surface area contributed by atoms with Gasteiger partial charge in [-0.2, -0.15) is 19.0 Å². The maximum Gasteiger partial charge on any atom is 0.355 e. The highest BCUT2D eigenvalue weighted by Crippen LogP contribution is 2.41. The Bertz CT molecular complexity index is 3140. The number of likely N-dealkylation sites (tertiary alicyclic amines) is 1. The average Bonchev–Trinajstić information content (AvgIpc) is 4.11. The first-order valence-corrected chi connectivity index (χ1v) is 24.8. The van der Waals surface area contributed by atoms with Crippen molar-refractivity contribution in [3.05, 3.63) is 102 Å². The van der Waals surface area contributed by atoms with Crippen LogP contribution >= 0.6 is 0 Å². The molecule has 0 aliphatic carbocycles. The molecule has 6 heterocycles. The fraction of sp³-hybridized carbons (Fsp3) is 0.367. The summed E-state index contributed by atoms with van der Waals surface area (Å²) in [6, 6.07) is 16.0. The predicted molar refractivity (Wildman–Crippen MR) is 258 cm³/mol. The first kappa shape index (κ1) is 48.7. The topological polar surface area (TPSA) is 220 Å². The molecule has 0 spiro atoms. The van der Waals surface area contributed by atoms with Gasteiger partial charge in [0.15, 0.2) is 0 Å². The van der Waals surface area contributed by atoms with E-state index >= 15 is 0 Å². The van der Waals surface area contributed by atoms with E-state index in [0.29, 0.717) is 57.0 Å². The van der Waals surface area contributed by atoms with Crippen LogP contribution in [0, 0.1) is 11.7 Å². The number of aryl methyl sites for hydroxylation is 1. The van der Waals surface area contributed by atoms with Gasteiger partial charge in [-0.25, -0.2) is 17.8 Å². The van der Waals surface area contributed by atoms with Crippen molar-refractivity contribution in [2.24, 2.45) is 13.0 Å². The number of benzene rings is 3. The molecule has 3 aliphatic rings. The number of hydrogen-bond donors (Lipinski definition) is 3. The molecule has 4 amide bonds. The summed E-state index contributed by atoms with van der Waals surface area (Å²) in [5, 5.41) is 12.3. The normalized spacial score (nSPS) is 18.5. The SMILES string of the molecule is CC(=O)N(C(=O)c1ccccc1N1CCC(CN2CCC(n3cc(-c4cnc(N)c5c(-c6ccc(NS(=O)(=O)C(F)F)c(OC(C)c7ccc(F)cc7)c6)nn(C)c45)cn3)CC2)C1)C1CCC(=O)NC1=O. The van der Waals surface area contributed by atoms with Gasteiger partial charge < -0.3 is 20.3 Å². The second-order valence-electron chi connectivity index (χ2n) is 18.2. The Morgan fingerprint density at radius 3 is 2.45 bits per heavy atom. The second-order valence-corrected chi connectivity index (χ2v) is 19.9. The van der Waals surface area contributed by atoms with Crippen molar-refractivity contribution in [1.29, 1.82) is 0 Å². The van der Waals surface area contributed by atoms with E-state index in [-0.39, 0.29) is 36.1 Å². The number of alkyl halides is 2. The number of carbonyl (C=O) groups excluding carboxylic acids is 4. The number of nitrogens with one attached hydrogen (secondary N) is 2. The van der Waals surface area contributed by atoms with Gasteiger partial charge in [-0.1, -0.05) is 30.3 Å². The molecule has 6 aromatic rings. The number of halogens is 3. The van der Waals surface area contributed by atoms with Crippen LogP contribution in [0.2, 0.25) is 0 Å². The summed E-state index contributed by atoms with van der Waals surface area (Å²) in [4.78, 5) is 61.3. The summed E-state index contributed by atoms with van der Waals surface area (Å²) in [6.45, 7) is 6.90. The van der Waals surface area contributed by atoms with Crippen LogP contribution in [0.3, 0.4) is 0 Å². The third-order valence-electron chi connectivity index (χ3n) is 13.5. The lowest BCUT2D eigenvalue weighted by Crippen LogP contribution is -2.55. The number of nitrogens with zero attached hydrogens (tertiary/aromatic N) is 8. The number of sulfonamides is 1. The summed E-state index contributed by atoms with van der Waals surface area (Å²) in [7, 11) is -3.32. The number of imide groups is 2. The maximum absolute atomic E-state index is 13.9. The van der Waals surface area contributed by atoms with Gasteiger partial charge in [-0.05, 0) is 80.5 Å². The van der Waals surface area contributed by atoms with E-state index in [4.69, 9.17) is 20.7 Å². The number of aromatic nitrogens is 5. The lowest BCUT2D eigenvalue weighted by Gasteiger charge is -2.34. The van der Waals surface area contributed by atoms with Crippen LogP contribution in [0.5, 0.6) is 5.75 Å². The van der Waals surface area contributed by atoms with Crippen molar-refractivity contribution in [3.8, 4) is 28.1 Å². The Kier molecular flexibility index (Phi) is 13.6. The molecular weight excluding hydrogens is 944 g/mol. The number of rotatable bonds is 14. The molecule has 3 atom stereocenters. The van der Waals surface area contributed by atoms with Crippen LogP contribution in [0.1, 0.15) is 74.0 Å². The van der Waals surface area contributed by atoms with Gasteiger partial charge in [-0.15, -0.1) is 0 Å². The van der Waals surface area contributed by atoms with Crippen molar-refractivity contribution in [3.63, 3.8) is 0 Å². The monoisotopic (exact) mass is 995 g/mol. The molecule has 0 bridgehead atoms. The molecular formula is C49H52F3N11O7S. The molecule has 0 saturated carbocycles. The Hall–Kier alpha value is -7.33. The van der Waals surface area contributed by atoms with Crippen LogP contribution in [0.4, 0.5) is 30.4 Å². The van der Waals surface area contributed by atoms with E-state index in [2.05, 4.69) is 20.1 Å². The minimum atomic E-state index is -5.07. The number of para-hydroxylation sites is 1. The lowest BCUT2D eigenvalue weighted by molar-refractivity contribution is -0.142. The number of fused-ring (bicyclic) bond motifs is 1. The summed E-state index contributed by atoms with van der Waals surface area (Å²) < 4.78 is 77.0. The number of ether oxygens (including phenoxy) is 1. The minimum Gasteiger partial charge on any atom is -0.484 e. The third kappa shape index (κ3) is 10.0. The van der Waals surface area contributed by atoms with E-state index in [1.807, 2.05) is 27.7 Å². The third-order valence-corrected chi connectivity index (χ3v) is 14.5. The molecule has 9 rings (SSSR count). The smallest absolute Gasteiger partial charge is 0.355 e. The van der Waals surface area contributed by atoms with Gasteiger partial charge in [0.25, 0.3) is 15.9 Å². The van der Waals surface area contributed by atoms with Crippen LogP contribution in [-0.2, 0) is 31.5 Å². The molecule has 3 aliphatic heterocycles. The zero-order valence-corrected chi connectivity index (χ0v) is 39.9. The first-order valence-electron chi connectivity index (χ1n) is 23.2. The molecule has 3 aromatic heterocycles. The molecule has 3 saturated heterocycles. The van der Waals surface area contributed by atoms with Crippen LogP contribution in [0.25, 0.3) is 33.3 Å². The summed E-state index contributed by atoms with van der Waals surface area (Å²) in [5.41, 5.74) is 10.8. The van der Waals surface area contributed by atoms with E-state index in [1.165, 1.54) is 49.4 Å². The summed E-state index contributed by atoms with van der Waals surface area (Å²) in [5.74, 6) is -5.97. The van der Waals surface area contributed by atoms with Crippen molar-refractivity contribution >= 4 is 61.7 Å².